The maximum Gasteiger partial charge on any atom is 0.340 e. The van der Waals surface area contributed by atoms with Gasteiger partial charge in [-0.3, -0.25) is 9.48 Å². The normalized spacial score (nSPS) is 10.7. The smallest absolute Gasteiger partial charge is 0.340 e. The average Bonchev–Trinajstić information content (AvgIpc) is 3.13. The third-order valence-corrected chi connectivity index (χ3v) is 4.58. The Kier molecular flexibility index (Phi) is 5.63. The van der Waals surface area contributed by atoms with Gasteiger partial charge in [-0.05, 0) is 32.4 Å². The van der Waals surface area contributed by atoms with Crippen molar-refractivity contribution in [2.75, 3.05) is 11.9 Å². The molecule has 0 atom stereocenters. The third kappa shape index (κ3) is 4.31. The Bertz CT molecular complexity index is 1000. The molecule has 0 saturated carbocycles. The number of amides is 1. The Morgan fingerprint density at radius 3 is 2.46 bits per heavy atom. The van der Waals surface area contributed by atoms with Crippen LogP contribution in [0.25, 0.3) is 0 Å². The number of benzene rings is 1. The van der Waals surface area contributed by atoms with E-state index >= 15 is 0 Å². The Morgan fingerprint density at radius 2 is 1.82 bits per heavy atom. The lowest BCUT2D eigenvalue weighted by atomic mass is 10.2. The Hall–Kier alpha value is -3.35. The van der Waals surface area contributed by atoms with E-state index in [1.807, 2.05) is 51.1 Å². The monoisotopic (exact) mass is 380 g/mol. The molecule has 2 heterocycles. The number of nitrogens with one attached hydrogen (secondary N) is 1. The van der Waals surface area contributed by atoms with E-state index in [0.717, 1.165) is 22.6 Å². The van der Waals surface area contributed by atoms with Gasteiger partial charge in [0.15, 0.2) is 6.61 Å². The van der Waals surface area contributed by atoms with Gasteiger partial charge in [-0.1, -0.05) is 30.3 Å². The van der Waals surface area contributed by atoms with Crippen LogP contribution in [0, 0.1) is 20.8 Å². The molecule has 28 heavy (non-hydrogen) atoms. The summed E-state index contributed by atoms with van der Waals surface area (Å²) >= 11 is 0. The van der Waals surface area contributed by atoms with Crippen LogP contribution < -0.4 is 5.32 Å². The summed E-state index contributed by atoms with van der Waals surface area (Å²) < 4.78 is 8.84. The maximum atomic E-state index is 12.5. The van der Waals surface area contributed by atoms with Crippen molar-refractivity contribution in [3.63, 3.8) is 0 Å². The highest BCUT2D eigenvalue weighted by atomic mass is 16.5. The van der Waals surface area contributed by atoms with Gasteiger partial charge in [-0.15, -0.1) is 0 Å². The number of esters is 1. The lowest BCUT2D eigenvalue weighted by Gasteiger charge is -2.10. The summed E-state index contributed by atoms with van der Waals surface area (Å²) in [6.07, 6.45) is 0. The zero-order valence-electron chi connectivity index (χ0n) is 16.5. The molecule has 3 aromatic rings. The first kappa shape index (κ1) is 19.4. The summed E-state index contributed by atoms with van der Waals surface area (Å²) in [6, 6.07) is 13.6. The second kappa shape index (κ2) is 8.12. The molecule has 1 amide bonds. The standard InChI is InChI=1S/C21H24N4O3/c1-14-10-19(24(4)23-14)22-20(26)13-28-21(27)18-11-15(2)25(16(18)3)12-17-8-6-5-7-9-17/h5-11H,12-13H2,1-4H3,(H,22,26). The highest BCUT2D eigenvalue weighted by Gasteiger charge is 2.18. The highest BCUT2D eigenvalue weighted by molar-refractivity contribution is 5.95. The van der Waals surface area contributed by atoms with Gasteiger partial charge in [0.2, 0.25) is 0 Å². The Morgan fingerprint density at radius 1 is 1.11 bits per heavy atom. The van der Waals surface area contributed by atoms with Crippen LogP contribution in [0.4, 0.5) is 5.82 Å². The molecule has 0 aliphatic carbocycles. The number of carbonyl (C=O) groups excluding carboxylic acids is 2. The molecule has 0 bridgehead atoms. The van der Waals surface area contributed by atoms with Gasteiger partial charge in [-0.25, -0.2) is 4.79 Å². The second-order valence-electron chi connectivity index (χ2n) is 6.78. The molecule has 0 aliphatic rings. The van der Waals surface area contributed by atoms with Gasteiger partial charge in [0.05, 0.1) is 11.3 Å². The number of ether oxygens (including phenoxy) is 1. The summed E-state index contributed by atoms with van der Waals surface area (Å²) in [5.41, 5.74) is 4.19. The second-order valence-corrected chi connectivity index (χ2v) is 6.78. The van der Waals surface area contributed by atoms with Gasteiger partial charge in [0, 0.05) is 31.0 Å². The molecule has 2 aromatic heterocycles. The number of hydrogen-bond acceptors (Lipinski definition) is 4. The highest BCUT2D eigenvalue weighted by Crippen LogP contribution is 2.18. The van der Waals surface area contributed by atoms with Crippen molar-refractivity contribution in [2.24, 2.45) is 7.05 Å². The fraction of sp³-hybridized carbons (Fsp3) is 0.286. The minimum absolute atomic E-state index is 0.356. The predicted molar refractivity (Wildman–Crippen MR) is 106 cm³/mol. The maximum absolute atomic E-state index is 12.5. The quantitative estimate of drug-likeness (QED) is 0.667. The van der Waals surface area contributed by atoms with Crippen molar-refractivity contribution in [2.45, 2.75) is 27.3 Å². The molecule has 0 saturated heterocycles. The predicted octanol–water partition coefficient (Wildman–Crippen LogP) is 2.99. The summed E-state index contributed by atoms with van der Waals surface area (Å²) in [5, 5.41) is 6.84. The van der Waals surface area contributed by atoms with Crippen LogP contribution in [-0.2, 0) is 23.1 Å². The van der Waals surface area contributed by atoms with E-state index < -0.39 is 11.9 Å². The molecule has 0 unspecified atom stereocenters. The molecule has 0 spiro atoms. The van der Waals surface area contributed by atoms with Crippen molar-refractivity contribution in [1.29, 1.82) is 0 Å². The lowest BCUT2D eigenvalue weighted by Crippen LogP contribution is -2.22. The Labute approximate surface area is 163 Å². The third-order valence-electron chi connectivity index (χ3n) is 4.58. The van der Waals surface area contributed by atoms with Crippen molar-refractivity contribution < 1.29 is 14.3 Å². The van der Waals surface area contributed by atoms with Gasteiger partial charge in [0.25, 0.3) is 5.91 Å². The summed E-state index contributed by atoms with van der Waals surface area (Å²) in [4.78, 5) is 24.6. The fourth-order valence-electron chi connectivity index (χ4n) is 3.13. The zero-order valence-corrected chi connectivity index (χ0v) is 16.5. The summed E-state index contributed by atoms with van der Waals surface area (Å²) in [7, 11) is 1.73. The number of aryl methyl sites for hydroxylation is 3. The van der Waals surface area contributed by atoms with E-state index in [1.54, 1.807) is 23.9 Å². The fourth-order valence-corrected chi connectivity index (χ4v) is 3.13. The molecule has 3 rings (SSSR count). The van der Waals surface area contributed by atoms with Crippen molar-refractivity contribution in [3.05, 3.63) is 70.7 Å². The SMILES string of the molecule is Cc1cc(NC(=O)COC(=O)c2cc(C)n(Cc3ccccc3)c2C)n(C)n1. The molecule has 0 radical (unpaired) electrons. The largest absolute Gasteiger partial charge is 0.452 e. The first-order chi connectivity index (χ1) is 13.3. The molecule has 146 valence electrons. The first-order valence-electron chi connectivity index (χ1n) is 9.03. The van der Waals surface area contributed by atoms with Crippen LogP contribution in [0.1, 0.15) is 33.0 Å². The van der Waals surface area contributed by atoms with Gasteiger partial charge < -0.3 is 14.6 Å². The van der Waals surface area contributed by atoms with E-state index in [-0.39, 0.29) is 6.61 Å². The summed E-state index contributed by atoms with van der Waals surface area (Å²) in [5.74, 6) is -0.363. The molecule has 1 N–H and O–H groups in total. The molecule has 0 aliphatic heterocycles. The lowest BCUT2D eigenvalue weighted by molar-refractivity contribution is -0.119. The van der Waals surface area contributed by atoms with E-state index in [4.69, 9.17) is 4.74 Å². The van der Waals surface area contributed by atoms with Gasteiger partial charge in [-0.2, -0.15) is 5.10 Å². The number of carbonyl (C=O) groups is 2. The number of aromatic nitrogens is 3. The Balaban J connectivity index is 1.63. The van der Waals surface area contributed by atoms with Crippen LogP contribution >= 0.6 is 0 Å². The van der Waals surface area contributed by atoms with E-state index in [0.29, 0.717) is 17.9 Å². The van der Waals surface area contributed by atoms with Gasteiger partial charge in [0.1, 0.15) is 5.82 Å². The number of nitrogens with zero attached hydrogens (tertiary/aromatic N) is 3. The molecule has 1 aromatic carbocycles. The van der Waals surface area contributed by atoms with E-state index in [9.17, 15) is 9.59 Å². The van der Waals surface area contributed by atoms with Crippen molar-refractivity contribution in [1.82, 2.24) is 14.3 Å². The van der Waals surface area contributed by atoms with E-state index in [1.165, 1.54) is 0 Å². The first-order valence-corrected chi connectivity index (χ1v) is 9.03. The number of anilines is 1. The zero-order chi connectivity index (χ0) is 20.3. The number of hydrogen-bond donors (Lipinski definition) is 1. The van der Waals surface area contributed by atoms with Gasteiger partial charge >= 0.3 is 5.97 Å². The minimum Gasteiger partial charge on any atom is -0.452 e. The molecular formula is C21H24N4O3. The molecule has 7 nitrogen and oxygen atoms in total. The van der Waals surface area contributed by atoms with Crippen LogP contribution in [0.3, 0.4) is 0 Å². The summed E-state index contributed by atoms with van der Waals surface area (Å²) in [6.45, 7) is 5.98. The van der Waals surface area contributed by atoms with Crippen LogP contribution in [0.5, 0.6) is 0 Å². The minimum atomic E-state index is -0.510. The average molecular weight is 380 g/mol. The topological polar surface area (TPSA) is 78.1 Å². The van der Waals surface area contributed by atoms with Crippen LogP contribution in [-0.4, -0.2) is 32.8 Å². The van der Waals surface area contributed by atoms with Crippen LogP contribution in [0.15, 0.2) is 42.5 Å². The van der Waals surface area contributed by atoms with E-state index in [2.05, 4.69) is 15.0 Å². The molecule has 7 heteroatoms. The molecular weight excluding hydrogens is 356 g/mol. The van der Waals surface area contributed by atoms with Crippen molar-refractivity contribution in [3.8, 4) is 0 Å². The van der Waals surface area contributed by atoms with Crippen LogP contribution in [0.2, 0.25) is 0 Å². The number of rotatable bonds is 6. The molecule has 0 fully saturated rings. The van der Waals surface area contributed by atoms with Crippen molar-refractivity contribution >= 4 is 17.7 Å².